The van der Waals surface area contributed by atoms with Gasteiger partial charge < -0.3 is 24.3 Å². The van der Waals surface area contributed by atoms with Crippen LogP contribution < -0.4 is 14.8 Å². The van der Waals surface area contributed by atoms with Gasteiger partial charge in [-0.25, -0.2) is 9.97 Å². The summed E-state index contributed by atoms with van der Waals surface area (Å²) in [6.07, 6.45) is -4.31. The summed E-state index contributed by atoms with van der Waals surface area (Å²) in [5.41, 5.74) is 0.415. The highest BCUT2D eigenvalue weighted by Crippen LogP contribution is 2.36. The molecule has 1 aromatic heterocycles. The zero-order valence-corrected chi connectivity index (χ0v) is 19.1. The largest absolute Gasteiger partial charge is 0.493 e. The number of halogens is 3. The van der Waals surface area contributed by atoms with E-state index in [1.165, 1.54) is 6.07 Å². The van der Waals surface area contributed by atoms with Crippen molar-refractivity contribution in [1.82, 2.24) is 9.97 Å². The van der Waals surface area contributed by atoms with Crippen molar-refractivity contribution in [1.29, 1.82) is 0 Å². The summed E-state index contributed by atoms with van der Waals surface area (Å²) in [4.78, 5) is 8.97. The zero-order valence-electron chi connectivity index (χ0n) is 19.1. The van der Waals surface area contributed by atoms with Gasteiger partial charge in [-0.15, -0.1) is 0 Å². The summed E-state index contributed by atoms with van der Waals surface area (Å²) in [6.45, 7) is 5.43. The number of benzene rings is 2. The molecule has 0 radical (unpaired) electrons. The van der Waals surface area contributed by atoms with Crippen LogP contribution in [0, 0.1) is 6.92 Å². The average molecular weight is 477 g/mol. The van der Waals surface area contributed by atoms with Crippen LogP contribution in [0.3, 0.4) is 0 Å². The molecule has 0 bridgehead atoms. The van der Waals surface area contributed by atoms with Crippen molar-refractivity contribution >= 4 is 16.7 Å². The molecule has 1 fully saturated rings. The standard InChI is InChI=1S/C24H26F3N3O4/c1-14(16-5-4-6-17(9-16)24(25,26)27)28-23-19-10-22(34-8-7-33-18-12-32-13-18)21(31-3)11-20(19)29-15(2)30-23/h4-6,9-11,14,18H,7-8,12-13H2,1-3H3,(H,28,29,30)/t14-/m1/s1. The van der Waals surface area contributed by atoms with E-state index < -0.39 is 17.8 Å². The van der Waals surface area contributed by atoms with Gasteiger partial charge >= 0.3 is 6.18 Å². The van der Waals surface area contributed by atoms with Crippen molar-refractivity contribution in [3.05, 3.63) is 53.3 Å². The maximum absolute atomic E-state index is 13.1. The van der Waals surface area contributed by atoms with Crippen LogP contribution in [0.15, 0.2) is 36.4 Å². The average Bonchev–Trinajstić information content (AvgIpc) is 2.76. The van der Waals surface area contributed by atoms with Crippen molar-refractivity contribution in [3.8, 4) is 11.5 Å². The van der Waals surface area contributed by atoms with Crippen molar-refractivity contribution in [2.24, 2.45) is 0 Å². The number of alkyl halides is 3. The second kappa shape index (κ2) is 10.0. The molecule has 1 aliphatic rings. The minimum atomic E-state index is -4.41. The van der Waals surface area contributed by atoms with Gasteiger partial charge in [-0.2, -0.15) is 13.2 Å². The Morgan fingerprint density at radius 1 is 1.12 bits per heavy atom. The van der Waals surface area contributed by atoms with Gasteiger partial charge in [-0.3, -0.25) is 0 Å². The summed E-state index contributed by atoms with van der Waals surface area (Å²) in [7, 11) is 1.54. The third-order valence-electron chi connectivity index (χ3n) is 5.46. The Labute approximate surface area is 195 Å². The van der Waals surface area contributed by atoms with Gasteiger partial charge in [0.1, 0.15) is 24.4 Å². The molecule has 3 aromatic rings. The van der Waals surface area contributed by atoms with Crippen LogP contribution in [-0.2, 0) is 15.7 Å². The first kappa shape index (κ1) is 24.0. The fraction of sp³-hybridized carbons (Fsp3) is 0.417. The lowest BCUT2D eigenvalue weighted by molar-refractivity contribution is -0.137. The highest BCUT2D eigenvalue weighted by molar-refractivity contribution is 5.92. The predicted octanol–water partition coefficient (Wildman–Crippen LogP) is 4.93. The van der Waals surface area contributed by atoms with Gasteiger partial charge in [0.15, 0.2) is 11.5 Å². The Balaban J connectivity index is 1.58. The van der Waals surface area contributed by atoms with Gasteiger partial charge in [-0.1, -0.05) is 12.1 Å². The van der Waals surface area contributed by atoms with Crippen molar-refractivity contribution in [3.63, 3.8) is 0 Å². The van der Waals surface area contributed by atoms with E-state index in [2.05, 4.69) is 15.3 Å². The molecule has 182 valence electrons. The van der Waals surface area contributed by atoms with Gasteiger partial charge in [0.2, 0.25) is 0 Å². The highest BCUT2D eigenvalue weighted by atomic mass is 19.4. The molecule has 1 saturated heterocycles. The Morgan fingerprint density at radius 2 is 1.91 bits per heavy atom. The van der Waals surface area contributed by atoms with E-state index >= 15 is 0 Å². The third-order valence-corrected chi connectivity index (χ3v) is 5.46. The first-order valence-electron chi connectivity index (χ1n) is 10.9. The number of nitrogens with one attached hydrogen (secondary N) is 1. The number of ether oxygens (including phenoxy) is 4. The number of nitrogens with zero attached hydrogens (tertiary/aromatic N) is 2. The van der Waals surface area contributed by atoms with Crippen LogP contribution in [0.1, 0.15) is 29.9 Å². The van der Waals surface area contributed by atoms with E-state index in [-0.39, 0.29) is 6.10 Å². The quantitative estimate of drug-likeness (QED) is 0.438. The van der Waals surface area contributed by atoms with E-state index in [4.69, 9.17) is 18.9 Å². The lowest BCUT2D eigenvalue weighted by atomic mass is 10.0. The van der Waals surface area contributed by atoms with Crippen LogP contribution in [0.2, 0.25) is 0 Å². The number of hydrogen-bond donors (Lipinski definition) is 1. The van der Waals surface area contributed by atoms with Crippen molar-refractivity contribution in [2.45, 2.75) is 32.2 Å². The monoisotopic (exact) mass is 477 g/mol. The molecule has 0 unspecified atom stereocenters. The number of methoxy groups -OCH3 is 1. The second-order valence-corrected chi connectivity index (χ2v) is 8.01. The molecule has 1 atom stereocenters. The number of anilines is 1. The molecule has 2 aromatic carbocycles. The molecule has 0 spiro atoms. The number of fused-ring (bicyclic) bond motifs is 1. The number of aryl methyl sites for hydroxylation is 1. The van der Waals surface area contributed by atoms with Crippen LogP contribution in [0.4, 0.5) is 19.0 Å². The number of hydrogen-bond acceptors (Lipinski definition) is 7. The normalized spacial score (nSPS) is 15.1. The summed E-state index contributed by atoms with van der Waals surface area (Å²) in [5, 5.41) is 3.89. The molecule has 0 amide bonds. The fourth-order valence-corrected chi connectivity index (χ4v) is 3.58. The molecule has 2 heterocycles. The molecule has 0 aliphatic carbocycles. The molecule has 0 saturated carbocycles. The summed E-state index contributed by atoms with van der Waals surface area (Å²) < 4.78 is 61.5. The minimum Gasteiger partial charge on any atom is -0.493 e. The van der Waals surface area contributed by atoms with Crippen LogP contribution in [0.25, 0.3) is 10.9 Å². The second-order valence-electron chi connectivity index (χ2n) is 8.01. The first-order chi connectivity index (χ1) is 16.2. The smallest absolute Gasteiger partial charge is 0.416 e. The summed E-state index contributed by atoms with van der Waals surface area (Å²) in [6, 6.07) is 8.31. The maximum Gasteiger partial charge on any atom is 0.416 e. The van der Waals surface area contributed by atoms with E-state index in [1.54, 1.807) is 39.2 Å². The molecule has 1 aliphatic heterocycles. The Hall–Kier alpha value is -3.11. The third kappa shape index (κ3) is 5.51. The minimum absolute atomic E-state index is 0.103. The fourth-order valence-electron chi connectivity index (χ4n) is 3.58. The Morgan fingerprint density at radius 3 is 2.59 bits per heavy atom. The van der Waals surface area contributed by atoms with Crippen LogP contribution >= 0.6 is 0 Å². The predicted molar refractivity (Wildman–Crippen MR) is 120 cm³/mol. The molecule has 10 heteroatoms. The number of rotatable bonds is 9. The molecule has 1 N–H and O–H groups in total. The van der Waals surface area contributed by atoms with Gasteiger partial charge in [0.25, 0.3) is 0 Å². The molecular formula is C24H26F3N3O4. The van der Waals surface area contributed by atoms with Gasteiger partial charge in [-0.05, 0) is 37.6 Å². The topological polar surface area (TPSA) is 74.7 Å². The SMILES string of the molecule is COc1cc2nc(C)nc(N[C@H](C)c3cccc(C(F)(F)F)c3)c2cc1OCCOC1COC1. The van der Waals surface area contributed by atoms with Gasteiger partial charge in [0.05, 0.1) is 38.0 Å². The zero-order chi connectivity index (χ0) is 24.3. The Bertz CT molecular complexity index is 1150. The lowest BCUT2D eigenvalue weighted by Crippen LogP contribution is -2.37. The summed E-state index contributed by atoms with van der Waals surface area (Å²) >= 11 is 0. The van der Waals surface area contributed by atoms with Crippen molar-refractivity contribution < 1.29 is 32.1 Å². The van der Waals surface area contributed by atoms with Gasteiger partial charge in [0, 0.05) is 17.5 Å². The molecule has 4 rings (SSSR count). The van der Waals surface area contributed by atoms with Crippen LogP contribution in [-0.4, -0.2) is 49.6 Å². The summed E-state index contributed by atoms with van der Waals surface area (Å²) in [5.74, 6) is 2.00. The highest BCUT2D eigenvalue weighted by Gasteiger charge is 2.30. The first-order valence-corrected chi connectivity index (χ1v) is 10.9. The number of aromatic nitrogens is 2. The molecule has 7 nitrogen and oxygen atoms in total. The molecular weight excluding hydrogens is 451 g/mol. The maximum atomic E-state index is 13.1. The van der Waals surface area contributed by atoms with E-state index in [9.17, 15) is 13.2 Å². The molecule has 34 heavy (non-hydrogen) atoms. The van der Waals surface area contributed by atoms with E-state index in [0.717, 1.165) is 12.1 Å². The Kier molecular flexibility index (Phi) is 7.08. The lowest BCUT2D eigenvalue weighted by Gasteiger charge is -2.26. The van der Waals surface area contributed by atoms with Crippen LogP contribution in [0.5, 0.6) is 11.5 Å². The van der Waals surface area contributed by atoms with Crippen molar-refractivity contribution in [2.75, 3.05) is 38.9 Å². The van der Waals surface area contributed by atoms with E-state index in [0.29, 0.717) is 66.0 Å². The van der Waals surface area contributed by atoms with E-state index in [1.807, 2.05) is 0 Å².